The van der Waals surface area contributed by atoms with Crippen molar-refractivity contribution in [3.8, 4) is 0 Å². The molecule has 0 radical (unpaired) electrons. The quantitative estimate of drug-likeness (QED) is 0.806. The first-order chi connectivity index (χ1) is 11.9. The Labute approximate surface area is 150 Å². The van der Waals surface area contributed by atoms with E-state index in [1.54, 1.807) is 18.2 Å². The molecule has 25 heavy (non-hydrogen) atoms. The number of rotatable bonds is 3. The average Bonchev–Trinajstić information content (AvgIpc) is 3.13. The van der Waals surface area contributed by atoms with Crippen molar-refractivity contribution in [2.45, 2.75) is 38.3 Å². The highest BCUT2D eigenvalue weighted by atomic mass is 35.5. The maximum Gasteiger partial charge on any atom is 0.250 e. The molecular weight excluding hydrogens is 342 g/mol. The van der Waals surface area contributed by atoms with E-state index >= 15 is 0 Å². The lowest BCUT2D eigenvalue weighted by atomic mass is 9.76. The zero-order valence-electron chi connectivity index (χ0n) is 14.1. The van der Waals surface area contributed by atoms with Crippen molar-refractivity contribution in [2.75, 3.05) is 11.9 Å². The normalized spacial score (nSPS) is 33.2. The van der Waals surface area contributed by atoms with Crippen LogP contribution in [0.1, 0.15) is 32.3 Å². The summed E-state index contributed by atoms with van der Waals surface area (Å²) in [5.74, 6) is -2.01. The van der Waals surface area contributed by atoms with Gasteiger partial charge >= 0.3 is 0 Å². The van der Waals surface area contributed by atoms with Crippen molar-refractivity contribution in [1.82, 2.24) is 10.2 Å². The van der Waals surface area contributed by atoms with Crippen LogP contribution >= 0.6 is 11.6 Å². The smallest absolute Gasteiger partial charge is 0.250 e. The standard InChI is InChI=1S/C18H20ClN3O3/c1-3-4-8-22-15(23)12-9(2)21-18(13(12)16(22)24)10-6-5-7-11(19)14(10)20-17(18)25/h5-7,9,12-13,21H,3-4,8H2,1-2H3,(H,20,25)/t9-,12+,13-,18-/m0/s1. The molecular formula is C18H20ClN3O3. The molecule has 2 fully saturated rings. The van der Waals surface area contributed by atoms with Gasteiger partial charge in [0.1, 0.15) is 5.54 Å². The minimum atomic E-state index is -1.22. The summed E-state index contributed by atoms with van der Waals surface area (Å²) in [4.78, 5) is 40.2. The van der Waals surface area contributed by atoms with Crippen molar-refractivity contribution >= 4 is 35.0 Å². The number of benzene rings is 1. The highest BCUT2D eigenvalue weighted by Crippen LogP contribution is 2.53. The Morgan fingerprint density at radius 2 is 2.00 bits per heavy atom. The first kappa shape index (κ1) is 16.5. The number of likely N-dealkylation sites (tertiary alicyclic amines) is 1. The number of hydrogen-bond acceptors (Lipinski definition) is 4. The number of halogens is 1. The monoisotopic (exact) mass is 361 g/mol. The summed E-state index contributed by atoms with van der Waals surface area (Å²) in [7, 11) is 0. The number of amides is 3. The molecule has 3 heterocycles. The highest BCUT2D eigenvalue weighted by molar-refractivity contribution is 6.35. The van der Waals surface area contributed by atoms with Crippen molar-refractivity contribution in [3.63, 3.8) is 0 Å². The first-order valence-electron chi connectivity index (χ1n) is 8.66. The van der Waals surface area contributed by atoms with Crippen LogP contribution in [0.3, 0.4) is 0 Å². The van der Waals surface area contributed by atoms with E-state index in [2.05, 4.69) is 10.6 Å². The lowest BCUT2D eigenvalue weighted by molar-refractivity contribution is -0.142. The van der Waals surface area contributed by atoms with Crippen LogP contribution in [0.4, 0.5) is 5.69 Å². The number of para-hydroxylation sites is 1. The molecule has 3 aliphatic heterocycles. The van der Waals surface area contributed by atoms with Gasteiger partial charge in [-0.2, -0.15) is 0 Å². The predicted molar refractivity (Wildman–Crippen MR) is 93.0 cm³/mol. The van der Waals surface area contributed by atoms with Gasteiger partial charge < -0.3 is 5.32 Å². The lowest BCUT2D eigenvalue weighted by Crippen LogP contribution is -2.52. The number of hydrogen-bond donors (Lipinski definition) is 2. The van der Waals surface area contributed by atoms with Crippen LogP contribution in [-0.2, 0) is 19.9 Å². The number of imide groups is 1. The van der Waals surface area contributed by atoms with Crippen molar-refractivity contribution in [1.29, 1.82) is 0 Å². The van der Waals surface area contributed by atoms with E-state index in [0.29, 0.717) is 22.8 Å². The molecule has 0 saturated carbocycles. The van der Waals surface area contributed by atoms with Gasteiger partial charge in [0.15, 0.2) is 0 Å². The fraction of sp³-hybridized carbons (Fsp3) is 0.500. The van der Waals surface area contributed by atoms with Gasteiger partial charge in [0.25, 0.3) is 0 Å². The fourth-order valence-corrected chi connectivity index (χ4v) is 4.77. The maximum absolute atomic E-state index is 13.1. The Morgan fingerprint density at radius 3 is 2.72 bits per heavy atom. The summed E-state index contributed by atoms with van der Waals surface area (Å²) in [6, 6.07) is 4.99. The fourth-order valence-electron chi connectivity index (χ4n) is 4.55. The number of unbranched alkanes of at least 4 members (excludes halogenated alkanes) is 1. The summed E-state index contributed by atoms with van der Waals surface area (Å²) >= 11 is 6.23. The second-order valence-electron chi connectivity index (χ2n) is 7.04. The molecule has 2 N–H and O–H groups in total. The van der Waals surface area contributed by atoms with E-state index in [-0.39, 0.29) is 23.8 Å². The van der Waals surface area contributed by atoms with E-state index in [1.807, 2.05) is 13.8 Å². The van der Waals surface area contributed by atoms with Crippen LogP contribution < -0.4 is 10.6 Å². The Kier molecular flexibility index (Phi) is 3.67. The van der Waals surface area contributed by atoms with Gasteiger partial charge in [-0.25, -0.2) is 0 Å². The van der Waals surface area contributed by atoms with Crippen LogP contribution in [0.25, 0.3) is 0 Å². The first-order valence-corrected chi connectivity index (χ1v) is 9.04. The molecule has 132 valence electrons. The van der Waals surface area contributed by atoms with Gasteiger partial charge in [-0.1, -0.05) is 37.1 Å². The zero-order valence-corrected chi connectivity index (χ0v) is 14.9. The SMILES string of the molecule is CCCCN1C(=O)[C@@H]2[C@H](C)N[C@]3(C(=O)Nc4c(Cl)cccc43)[C@@H]2C1=O. The predicted octanol–water partition coefficient (Wildman–Crippen LogP) is 1.88. The van der Waals surface area contributed by atoms with E-state index < -0.39 is 17.4 Å². The van der Waals surface area contributed by atoms with Gasteiger partial charge in [0.2, 0.25) is 17.7 Å². The van der Waals surface area contributed by atoms with E-state index in [0.717, 1.165) is 12.8 Å². The molecule has 7 heteroatoms. The second kappa shape index (κ2) is 5.54. The van der Waals surface area contributed by atoms with Crippen LogP contribution in [0, 0.1) is 11.8 Å². The number of nitrogens with one attached hydrogen (secondary N) is 2. The highest BCUT2D eigenvalue weighted by Gasteiger charge is 2.69. The van der Waals surface area contributed by atoms with Gasteiger partial charge in [-0.15, -0.1) is 0 Å². The van der Waals surface area contributed by atoms with Crippen molar-refractivity contribution in [2.24, 2.45) is 11.8 Å². The molecule has 6 nitrogen and oxygen atoms in total. The number of fused-ring (bicyclic) bond motifs is 4. The van der Waals surface area contributed by atoms with Gasteiger partial charge in [0, 0.05) is 18.2 Å². The van der Waals surface area contributed by atoms with E-state index in [4.69, 9.17) is 11.6 Å². The molecule has 0 bridgehead atoms. The molecule has 4 atom stereocenters. The van der Waals surface area contributed by atoms with Crippen LogP contribution in [-0.4, -0.2) is 35.2 Å². The van der Waals surface area contributed by atoms with Crippen molar-refractivity contribution in [3.05, 3.63) is 28.8 Å². The largest absolute Gasteiger partial charge is 0.323 e. The molecule has 0 unspecified atom stereocenters. The zero-order chi connectivity index (χ0) is 17.9. The van der Waals surface area contributed by atoms with Gasteiger partial charge in [-0.3, -0.25) is 24.6 Å². The summed E-state index contributed by atoms with van der Waals surface area (Å²) in [6.45, 7) is 4.28. The molecule has 2 saturated heterocycles. The maximum atomic E-state index is 13.1. The van der Waals surface area contributed by atoms with Gasteiger partial charge in [-0.05, 0) is 19.4 Å². The Hall–Kier alpha value is -1.92. The third-order valence-corrected chi connectivity index (χ3v) is 5.99. The second-order valence-corrected chi connectivity index (χ2v) is 7.45. The average molecular weight is 362 g/mol. The molecule has 1 aromatic carbocycles. The lowest BCUT2D eigenvalue weighted by Gasteiger charge is -2.29. The molecule has 3 amide bonds. The number of anilines is 1. The number of nitrogens with zero attached hydrogens (tertiary/aromatic N) is 1. The summed E-state index contributed by atoms with van der Waals surface area (Å²) < 4.78 is 0. The molecule has 4 rings (SSSR count). The molecule has 1 aromatic rings. The van der Waals surface area contributed by atoms with Crippen LogP contribution in [0.5, 0.6) is 0 Å². The summed E-state index contributed by atoms with van der Waals surface area (Å²) in [5, 5.41) is 6.50. The summed E-state index contributed by atoms with van der Waals surface area (Å²) in [5.41, 5.74) is -0.0394. The molecule has 1 spiro atoms. The third kappa shape index (κ3) is 1.98. The Balaban J connectivity index is 1.84. The number of carbonyl (C=O) groups excluding carboxylic acids is 3. The topological polar surface area (TPSA) is 78.5 Å². The minimum Gasteiger partial charge on any atom is -0.323 e. The van der Waals surface area contributed by atoms with E-state index in [1.165, 1.54) is 4.90 Å². The number of carbonyl (C=O) groups is 3. The minimum absolute atomic E-state index is 0.177. The van der Waals surface area contributed by atoms with Crippen LogP contribution in [0.15, 0.2) is 18.2 Å². The van der Waals surface area contributed by atoms with Crippen LogP contribution in [0.2, 0.25) is 5.02 Å². The molecule has 0 aliphatic carbocycles. The Bertz CT molecular complexity index is 796. The molecule has 0 aromatic heterocycles. The van der Waals surface area contributed by atoms with Crippen molar-refractivity contribution < 1.29 is 14.4 Å². The molecule has 3 aliphatic rings. The van der Waals surface area contributed by atoms with E-state index in [9.17, 15) is 14.4 Å². The van der Waals surface area contributed by atoms with Gasteiger partial charge in [0.05, 0.1) is 22.5 Å². The third-order valence-electron chi connectivity index (χ3n) is 5.67. The summed E-state index contributed by atoms with van der Waals surface area (Å²) in [6.07, 6.45) is 1.66. The Morgan fingerprint density at radius 1 is 1.24 bits per heavy atom.